The summed E-state index contributed by atoms with van der Waals surface area (Å²) in [6.45, 7) is 5.61. The molecule has 0 aliphatic heterocycles. The van der Waals surface area contributed by atoms with Crippen molar-refractivity contribution in [2.24, 2.45) is 5.73 Å². The molecular formula is C20H26N2O3. The average molecular weight is 342 g/mol. The first kappa shape index (κ1) is 19.0. The lowest BCUT2D eigenvalue weighted by atomic mass is 9.92. The highest BCUT2D eigenvalue weighted by molar-refractivity contribution is 5.87. The van der Waals surface area contributed by atoms with Crippen molar-refractivity contribution in [2.45, 2.75) is 38.5 Å². The lowest BCUT2D eigenvalue weighted by Crippen LogP contribution is -2.49. The van der Waals surface area contributed by atoms with Crippen LogP contribution >= 0.6 is 0 Å². The van der Waals surface area contributed by atoms with E-state index in [0.29, 0.717) is 16.9 Å². The second-order valence-electron chi connectivity index (χ2n) is 6.53. The summed E-state index contributed by atoms with van der Waals surface area (Å²) >= 11 is 0. The number of ether oxygens (including phenoxy) is 1. The summed E-state index contributed by atoms with van der Waals surface area (Å²) in [5, 5.41) is 13.1. The van der Waals surface area contributed by atoms with Crippen LogP contribution in [0, 0.1) is 0 Å². The van der Waals surface area contributed by atoms with Gasteiger partial charge >= 0.3 is 0 Å². The fourth-order valence-electron chi connectivity index (χ4n) is 2.47. The van der Waals surface area contributed by atoms with Crippen LogP contribution in [0.2, 0.25) is 0 Å². The molecular weight excluding hydrogens is 316 g/mol. The van der Waals surface area contributed by atoms with E-state index in [4.69, 9.17) is 10.5 Å². The molecule has 0 spiro atoms. The zero-order valence-electron chi connectivity index (χ0n) is 14.9. The lowest BCUT2D eigenvalue weighted by molar-refractivity contribution is -0.126. The fourth-order valence-corrected chi connectivity index (χ4v) is 2.47. The van der Waals surface area contributed by atoms with Crippen molar-refractivity contribution in [3.63, 3.8) is 0 Å². The number of hydrogen-bond donors (Lipinski definition) is 3. The Hall–Kier alpha value is -2.37. The number of carbonyl (C=O) groups excluding carboxylic acids is 1. The summed E-state index contributed by atoms with van der Waals surface area (Å²) in [4.78, 5) is 12.4. The Morgan fingerprint density at radius 2 is 1.88 bits per heavy atom. The highest BCUT2D eigenvalue weighted by Gasteiger charge is 2.30. The summed E-state index contributed by atoms with van der Waals surface area (Å²) in [6.07, 6.45) is -0.790. The maximum absolute atomic E-state index is 12.4. The molecule has 0 fully saturated rings. The monoisotopic (exact) mass is 342 g/mol. The van der Waals surface area contributed by atoms with Crippen molar-refractivity contribution in [2.75, 3.05) is 6.54 Å². The summed E-state index contributed by atoms with van der Waals surface area (Å²) in [7, 11) is 0. The van der Waals surface area contributed by atoms with Crippen LogP contribution in [0.4, 0.5) is 0 Å². The molecule has 0 saturated carbocycles. The van der Waals surface area contributed by atoms with Crippen molar-refractivity contribution in [1.29, 1.82) is 0 Å². The van der Waals surface area contributed by atoms with Gasteiger partial charge in [-0.3, -0.25) is 4.79 Å². The predicted molar refractivity (Wildman–Crippen MR) is 98.2 cm³/mol. The normalized spacial score (nSPS) is 14.6. The van der Waals surface area contributed by atoms with Crippen LogP contribution in [0.5, 0.6) is 5.75 Å². The van der Waals surface area contributed by atoms with E-state index in [1.165, 1.54) is 0 Å². The third kappa shape index (κ3) is 5.05. The van der Waals surface area contributed by atoms with Crippen LogP contribution in [0.3, 0.4) is 0 Å². The van der Waals surface area contributed by atoms with E-state index in [0.717, 1.165) is 0 Å². The Morgan fingerprint density at radius 3 is 2.52 bits per heavy atom. The zero-order chi connectivity index (χ0) is 18.4. The number of amides is 1. The number of hydrogen-bond acceptors (Lipinski definition) is 4. The first-order chi connectivity index (χ1) is 11.8. The van der Waals surface area contributed by atoms with E-state index >= 15 is 0 Å². The van der Waals surface area contributed by atoms with Crippen LogP contribution < -0.4 is 15.8 Å². The molecule has 4 N–H and O–H groups in total. The van der Waals surface area contributed by atoms with Gasteiger partial charge in [0.2, 0.25) is 5.91 Å². The molecule has 1 amide bonds. The van der Waals surface area contributed by atoms with Gasteiger partial charge in [0.1, 0.15) is 11.3 Å². The molecule has 134 valence electrons. The van der Waals surface area contributed by atoms with Gasteiger partial charge in [0.05, 0.1) is 12.2 Å². The van der Waals surface area contributed by atoms with Crippen LogP contribution in [0.25, 0.3) is 0 Å². The predicted octanol–water partition coefficient (Wildman–Crippen LogP) is 2.50. The third-order valence-electron chi connectivity index (χ3n) is 3.92. The molecule has 2 atom stereocenters. The van der Waals surface area contributed by atoms with Crippen LogP contribution in [-0.2, 0) is 10.3 Å². The molecule has 0 bridgehead atoms. The Labute approximate surface area is 148 Å². The smallest absolute Gasteiger partial charge is 0.244 e. The molecule has 2 aromatic rings. The number of rotatable bonds is 7. The first-order valence-corrected chi connectivity index (χ1v) is 8.38. The molecule has 5 heteroatoms. The van der Waals surface area contributed by atoms with Crippen molar-refractivity contribution < 1.29 is 14.6 Å². The topological polar surface area (TPSA) is 84.6 Å². The Morgan fingerprint density at radius 1 is 1.20 bits per heavy atom. The number of nitrogens with one attached hydrogen (secondary N) is 1. The molecule has 2 aromatic carbocycles. The highest BCUT2D eigenvalue weighted by atomic mass is 16.5. The second-order valence-corrected chi connectivity index (χ2v) is 6.53. The molecule has 0 aliphatic rings. The Balaban J connectivity index is 1.99. The summed E-state index contributed by atoms with van der Waals surface area (Å²) in [5.41, 5.74) is 6.40. The minimum atomic E-state index is -1.16. The van der Waals surface area contributed by atoms with Gasteiger partial charge in [0.15, 0.2) is 0 Å². The van der Waals surface area contributed by atoms with Crippen LogP contribution in [0.1, 0.15) is 38.0 Å². The summed E-state index contributed by atoms with van der Waals surface area (Å²) in [6, 6.07) is 16.4. The number of carbonyl (C=O) groups is 1. The van der Waals surface area contributed by atoms with Gasteiger partial charge < -0.3 is 20.9 Å². The van der Waals surface area contributed by atoms with E-state index < -0.39 is 11.6 Å². The summed E-state index contributed by atoms with van der Waals surface area (Å²) < 4.78 is 5.62. The molecule has 0 aromatic heterocycles. The van der Waals surface area contributed by atoms with Crippen molar-refractivity contribution in [1.82, 2.24) is 5.32 Å². The molecule has 25 heavy (non-hydrogen) atoms. The highest BCUT2D eigenvalue weighted by Crippen LogP contribution is 2.21. The molecule has 2 unspecified atom stereocenters. The van der Waals surface area contributed by atoms with Crippen LogP contribution in [0.15, 0.2) is 54.6 Å². The van der Waals surface area contributed by atoms with Gasteiger partial charge in [-0.1, -0.05) is 42.5 Å². The maximum atomic E-state index is 12.4. The van der Waals surface area contributed by atoms with Crippen molar-refractivity contribution in [3.8, 4) is 5.75 Å². The van der Waals surface area contributed by atoms with Gasteiger partial charge in [-0.15, -0.1) is 0 Å². The minimum Gasteiger partial charge on any atom is -0.491 e. The van der Waals surface area contributed by atoms with E-state index in [2.05, 4.69) is 5.32 Å². The Bertz CT molecular complexity index is 699. The first-order valence-electron chi connectivity index (χ1n) is 8.38. The number of benzene rings is 2. The van der Waals surface area contributed by atoms with Gasteiger partial charge in [-0.25, -0.2) is 0 Å². The van der Waals surface area contributed by atoms with E-state index in [-0.39, 0.29) is 18.6 Å². The number of nitrogens with two attached hydrogens (primary N) is 1. The molecule has 0 aliphatic carbocycles. The van der Waals surface area contributed by atoms with E-state index in [1.54, 1.807) is 19.1 Å². The lowest BCUT2D eigenvalue weighted by Gasteiger charge is -2.25. The average Bonchev–Trinajstić information content (AvgIpc) is 2.59. The van der Waals surface area contributed by atoms with Gasteiger partial charge in [0, 0.05) is 6.54 Å². The number of aliphatic hydroxyl groups excluding tert-OH is 1. The van der Waals surface area contributed by atoms with Crippen molar-refractivity contribution >= 4 is 5.91 Å². The quantitative estimate of drug-likeness (QED) is 0.722. The van der Waals surface area contributed by atoms with E-state index in [9.17, 15) is 9.90 Å². The van der Waals surface area contributed by atoms with Gasteiger partial charge in [-0.2, -0.15) is 0 Å². The zero-order valence-corrected chi connectivity index (χ0v) is 14.9. The van der Waals surface area contributed by atoms with Crippen LogP contribution in [-0.4, -0.2) is 23.7 Å². The number of aliphatic hydroxyl groups is 1. The fraction of sp³-hybridized carbons (Fsp3) is 0.350. The molecule has 0 heterocycles. The minimum absolute atomic E-state index is 0.0518. The van der Waals surface area contributed by atoms with Gasteiger partial charge in [0.25, 0.3) is 0 Å². The van der Waals surface area contributed by atoms with Crippen molar-refractivity contribution in [3.05, 3.63) is 65.7 Å². The third-order valence-corrected chi connectivity index (χ3v) is 3.92. The molecule has 5 nitrogen and oxygen atoms in total. The maximum Gasteiger partial charge on any atom is 0.244 e. The molecule has 2 rings (SSSR count). The largest absolute Gasteiger partial charge is 0.491 e. The standard InChI is InChI=1S/C20H26N2O3/c1-14(2)25-17-11-7-8-15(12-17)18(23)13-22-19(24)20(3,21)16-9-5-4-6-10-16/h4-12,14,18,23H,13,21H2,1-3H3,(H,22,24). The van der Waals surface area contributed by atoms with Gasteiger partial charge in [-0.05, 0) is 44.0 Å². The Kier molecular flexibility index (Phi) is 6.17. The summed E-state index contributed by atoms with van der Waals surface area (Å²) in [5.74, 6) is 0.346. The molecule has 0 radical (unpaired) electrons. The second kappa shape index (κ2) is 8.14. The SMILES string of the molecule is CC(C)Oc1cccc(C(O)CNC(=O)C(C)(N)c2ccccc2)c1. The van der Waals surface area contributed by atoms with E-state index in [1.807, 2.05) is 56.3 Å². The molecule has 0 saturated heterocycles.